The van der Waals surface area contributed by atoms with Crippen molar-refractivity contribution in [1.29, 1.82) is 0 Å². The summed E-state index contributed by atoms with van der Waals surface area (Å²) in [5.41, 5.74) is 0.443. The van der Waals surface area contributed by atoms with Gasteiger partial charge >= 0.3 is 0 Å². The fourth-order valence-corrected chi connectivity index (χ4v) is 0.714. The Hall–Kier alpha value is -1.32. The van der Waals surface area contributed by atoms with E-state index in [-0.39, 0.29) is 5.91 Å². The first-order valence-corrected chi connectivity index (χ1v) is 3.61. The van der Waals surface area contributed by atoms with Gasteiger partial charge in [0.25, 0.3) is 5.91 Å². The molecule has 1 aromatic heterocycles. The largest absolute Gasteiger partial charge is 0.351 e. The van der Waals surface area contributed by atoms with Gasteiger partial charge in [-0.25, -0.2) is 4.98 Å². The van der Waals surface area contributed by atoms with E-state index in [0.717, 1.165) is 6.42 Å². The summed E-state index contributed by atoms with van der Waals surface area (Å²) in [5.74, 6) is -0.117. The van der Waals surface area contributed by atoms with Crippen molar-refractivity contribution in [3.8, 4) is 0 Å². The Morgan fingerprint density at radius 1 is 1.82 bits per heavy atom. The fraction of sp³-hybridized carbons (Fsp3) is 0.429. The Bertz CT molecular complexity index is 218. The van der Waals surface area contributed by atoms with E-state index in [2.05, 4.69) is 15.3 Å². The van der Waals surface area contributed by atoms with Crippen LogP contribution in [0.5, 0.6) is 0 Å². The van der Waals surface area contributed by atoms with Crippen LogP contribution in [-0.4, -0.2) is 22.4 Å². The molecule has 0 unspecified atom stereocenters. The molecular weight excluding hydrogens is 142 g/mol. The summed E-state index contributed by atoms with van der Waals surface area (Å²) in [6, 6.07) is 0. The van der Waals surface area contributed by atoms with Gasteiger partial charge in [-0.2, -0.15) is 0 Å². The van der Waals surface area contributed by atoms with Crippen LogP contribution in [0.2, 0.25) is 0 Å². The van der Waals surface area contributed by atoms with Crippen LogP contribution in [0.25, 0.3) is 0 Å². The summed E-state index contributed by atoms with van der Waals surface area (Å²) >= 11 is 0. The maximum absolute atomic E-state index is 11.1. The highest BCUT2D eigenvalue weighted by atomic mass is 16.1. The van der Waals surface area contributed by atoms with Gasteiger partial charge < -0.3 is 10.3 Å². The molecule has 1 aromatic rings. The highest BCUT2D eigenvalue weighted by Crippen LogP contribution is 1.89. The number of amides is 1. The minimum Gasteiger partial charge on any atom is -0.351 e. The molecule has 0 aliphatic carbocycles. The van der Waals surface area contributed by atoms with E-state index >= 15 is 0 Å². The number of H-pyrrole nitrogens is 1. The molecule has 2 N–H and O–H groups in total. The van der Waals surface area contributed by atoms with Crippen LogP contribution in [0.1, 0.15) is 23.8 Å². The molecule has 1 heterocycles. The number of carbonyl (C=O) groups excluding carboxylic acids is 1. The average molecular weight is 153 g/mol. The third-order valence-electron chi connectivity index (χ3n) is 1.27. The van der Waals surface area contributed by atoms with Gasteiger partial charge in [-0.15, -0.1) is 0 Å². The first kappa shape index (κ1) is 7.78. The number of nitrogens with zero attached hydrogens (tertiary/aromatic N) is 1. The van der Waals surface area contributed by atoms with Gasteiger partial charge in [0.15, 0.2) is 0 Å². The molecule has 1 rings (SSSR count). The molecule has 4 nitrogen and oxygen atoms in total. The summed E-state index contributed by atoms with van der Waals surface area (Å²) in [6.07, 6.45) is 4.00. The lowest BCUT2D eigenvalue weighted by molar-refractivity contribution is 0.0949. The molecule has 4 heteroatoms. The fourth-order valence-electron chi connectivity index (χ4n) is 0.714. The van der Waals surface area contributed by atoms with E-state index in [1.165, 1.54) is 6.33 Å². The molecule has 0 aliphatic heterocycles. The van der Waals surface area contributed by atoms with E-state index in [1.54, 1.807) is 6.20 Å². The number of hydrogen-bond acceptors (Lipinski definition) is 2. The molecule has 0 aliphatic rings. The zero-order valence-electron chi connectivity index (χ0n) is 6.42. The van der Waals surface area contributed by atoms with Gasteiger partial charge in [0.1, 0.15) is 5.69 Å². The Morgan fingerprint density at radius 3 is 3.18 bits per heavy atom. The molecule has 0 saturated heterocycles. The highest BCUT2D eigenvalue weighted by molar-refractivity contribution is 5.91. The zero-order valence-corrected chi connectivity index (χ0v) is 6.42. The molecule has 0 atom stereocenters. The van der Waals surface area contributed by atoms with Gasteiger partial charge in [-0.1, -0.05) is 6.92 Å². The predicted molar refractivity (Wildman–Crippen MR) is 41.2 cm³/mol. The van der Waals surface area contributed by atoms with Crippen molar-refractivity contribution in [3.05, 3.63) is 18.2 Å². The average Bonchev–Trinajstić information content (AvgIpc) is 2.52. The summed E-state index contributed by atoms with van der Waals surface area (Å²) in [7, 11) is 0. The lowest BCUT2D eigenvalue weighted by Gasteiger charge is -1.97. The van der Waals surface area contributed by atoms with E-state index in [4.69, 9.17) is 0 Å². The third-order valence-corrected chi connectivity index (χ3v) is 1.27. The van der Waals surface area contributed by atoms with Crippen LogP contribution in [0.4, 0.5) is 0 Å². The van der Waals surface area contributed by atoms with E-state index in [0.29, 0.717) is 12.2 Å². The molecule has 0 fully saturated rings. The quantitative estimate of drug-likeness (QED) is 0.666. The molecule has 1 amide bonds. The highest BCUT2D eigenvalue weighted by Gasteiger charge is 2.04. The number of aromatic nitrogens is 2. The normalized spacial score (nSPS) is 9.55. The summed E-state index contributed by atoms with van der Waals surface area (Å²) in [5, 5.41) is 2.71. The van der Waals surface area contributed by atoms with Crippen molar-refractivity contribution in [2.45, 2.75) is 13.3 Å². The number of hydrogen-bond donors (Lipinski definition) is 2. The number of carbonyl (C=O) groups is 1. The molecule has 0 saturated carbocycles. The van der Waals surface area contributed by atoms with E-state index < -0.39 is 0 Å². The van der Waals surface area contributed by atoms with Crippen molar-refractivity contribution in [2.24, 2.45) is 0 Å². The van der Waals surface area contributed by atoms with Gasteiger partial charge in [0.05, 0.1) is 6.33 Å². The minimum atomic E-state index is -0.117. The standard InChI is InChI=1S/C7H11N3O/c1-2-3-9-7(11)6-4-8-5-10-6/h4-5H,2-3H2,1H3,(H,8,10)(H,9,11). The van der Waals surface area contributed by atoms with Crippen LogP contribution in [0, 0.1) is 0 Å². The SMILES string of the molecule is CCCNC(=O)c1c[nH]cn1. The molecule has 0 bridgehead atoms. The van der Waals surface area contributed by atoms with Crippen molar-refractivity contribution in [3.63, 3.8) is 0 Å². The van der Waals surface area contributed by atoms with Crippen LogP contribution in [0.15, 0.2) is 12.5 Å². The molecule has 0 aromatic carbocycles. The number of nitrogens with one attached hydrogen (secondary N) is 2. The first-order chi connectivity index (χ1) is 5.34. The molecule has 60 valence electrons. The second kappa shape index (κ2) is 3.75. The predicted octanol–water partition coefficient (Wildman–Crippen LogP) is 0.549. The van der Waals surface area contributed by atoms with Crippen LogP contribution in [0.3, 0.4) is 0 Å². The number of imidazole rings is 1. The molecule has 0 spiro atoms. The van der Waals surface area contributed by atoms with Gasteiger partial charge in [-0.05, 0) is 6.42 Å². The smallest absolute Gasteiger partial charge is 0.271 e. The first-order valence-electron chi connectivity index (χ1n) is 3.61. The molecule has 0 radical (unpaired) electrons. The zero-order chi connectivity index (χ0) is 8.10. The summed E-state index contributed by atoms with van der Waals surface area (Å²) in [6.45, 7) is 2.70. The van der Waals surface area contributed by atoms with Crippen molar-refractivity contribution < 1.29 is 4.79 Å². The lowest BCUT2D eigenvalue weighted by Crippen LogP contribution is -2.24. The lowest BCUT2D eigenvalue weighted by atomic mass is 10.4. The Balaban J connectivity index is 2.43. The monoisotopic (exact) mass is 153 g/mol. The van der Waals surface area contributed by atoms with Crippen LogP contribution < -0.4 is 5.32 Å². The number of rotatable bonds is 3. The van der Waals surface area contributed by atoms with Gasteiger partial charge in [-0.3, -0.25) is 4.79 Å². The topological polar surface area (TPSA) is 57.8 Å². The van der Waals surface area contributed by atoms with E-state index in [1.807, 2.05) is 6.92 Å². The summed E-state index contributed by atoms with van der Waals surface area (Å²) < 4.78 is 0. The summed E-state index contributed by atoms with van der Waals surface area (Å²) in [4.78, 5) is 17.6. The number of aromatic amines is 1. The molecule has 11 heavy (non-hydrogen) atoms. The van der Waals surface area contributed by atoms with Crippen LogP contribution in [-0.2, 0) is 0 Å². The minimum absolute atomic E-state index is 0.117. The maximum Gasteiger partial charge on any atom is 0.271 e. The van der Waals surface area contributed by atoms with Crippen molar-refractivity contribution in [1.82, 2.24) is 15.3 Å². The van der Waals surface area contributed by atoms with Crippen molar-refractivity contribution >= 4 is 5.91 Å². The van der Waals surface area contributed by atoms with Crippen LogP contribution >= 0.6 is 0 Å². The Kier molecular flexibility index (Phi) is 2.66. The maximum atomic E-state index is 11.1. The van der Waals surface area contributed by atoms with Gasteiger partial charge in [0, 0.05) is 12.7 Å². The second-order valence-corrected chi connectivity index (χ2v) is 2.21. The van der Waals surface area contributed by atoms with Crippen molar-refractivity contribution in [2.75, 3.05) is 6.54 Å². The second-order valence-electron chi connectivity index (χ2n) is 2.21. The molecular formula is C7H11N3O. The Labute approximate surface area is 65.0 Å². The Morgan fingerprint density at radius 2 is 2.64 bits per heavy atom. The van der Waals surface area contributed by atoms with Gasteiger partial charge in [0.2, 0.25) is 0 Å². The third kappa shape index (κ3) is 2.07. The van der Waals surface area contributed by atoms with E-state index in [9.17, 15) is 4.79 Å².